The average molecular weight is 480 g/mol. The summed E-state index contributed by atoms with van der Waals surface area (Å²) in [6, 6.07) is 7.80. The summed E-state index contributed by atoms with van der Waals surface area (Å²) in [4.78, 5) is 46.1. The zero-order valence-corrected chi connectivity index (χ0v) is 16.6. The molecule has 1 aliphatic heterocycles. The summed E-state index contributed by atoms with van der Waals surface area (Å²) in [6.45, 7) is 1.89. The van der Waals surface area contributed by atoms with Crippen molar-refractivity contribution in [2.45, 2.75) is 6.92 Å². The van der Waals surface area contributed by atoms with Crippen LogP contribution in [0.15, 0.2) is 50.5 Å². The van der Waals surface area contributed by atoms with E-state index in [-0.39, 0.29) is 0 Å². The van der Waals surface area contributed by atoms with Crippen LogP contribution in [0.2, 0.25) is 0 Å². The van der Waals surface area contributed by atoms with E-state index in [1.54, 1.807) is 36.5 Å². The number of nitrogens with one attached hydrogen (secondary N) is 1. The summed E-state index contributed by atoms with van der Waals surface area (Å²) in [7, 11) is 0. The van der Waals surface area contributed by atoms with Gasteiger partial charge < -0.3 is 0 Å². The molecule has 1 atom stereocenters. The fourth-order valence-corrected chi connectivity index (χ4v) is 3.40. The van der Waals surface area contributed by atoms with E-state index in [0.29, 0.717) is 16.0 Å². The Morgan fingerprint density at radius 2 is 1.88 bits per heavy atom. The van der Waals surface area contributed by atoms with Crippen LogP contribution in [0, 0.1) is 12.8 Å². The van der Waals surface area contributed by atoms with Gasteiger partial charge in [-0.3, -0.25) is 14.9 Å². The fraction of sp³-hybridized carbons (Fsp3) is 0.118. The molecule has 26 heavy (non-hydrogen) atoms. The van der Waals surface area contributed by atoms with Crippen molar-refractivity contribution in [2.24, 2.45) is 10.9 Å². The smallest absolute Gasteiger partial charge is 0.276 e. The summed E-state index contributed by atoms with van der Waals surface area (Å²) in [5.74, 6) is -2.31. The number of halogens is 2. The first-order valence-electron chi connectivity index (χ1n) is 7.47. The summed E-state index contributed by atoms with van der Waals surface area (Å²) in [5.41, 5.74) is 1.37. The molecule has 2 aromatic rings. The number of hydrogen-bond acceptors (Lipinski definition) is 5. The van der Waals surface area contributed by atoms with Crippen LogP contribution in [0.3, 0.4) is 0 Å². The van der Waals surface area contributed by atoms with E-state index in [1.165, 1.54) is 6.21 Å². The largest absolute Gasteiger partial charge is 0.335 e. The van der Waals surface area contributed by atoms with Gasteiger partial charge in [0.15, 0.2) is 11.7 Å². The number of aromatic nitrogens is 1. The van der Waals surface area contributed by atoms with Crippen molar-refractivity contribution in [1.82, 2.24) is 10.3 Å². The lowest BCUT2D eigenvalue weighted by Crippen LogP contribution is -2.58. The molecule has 1 unspecified atom stereocenters. The average Bonchev–Trinajstić information content (AvgIpc) is 2.57. The highest BCUT2D eigenvalue weighted by molar-refractivity contribution is 9.11. The molecule has 0 spiro atoms. The highest BCUT2D eigenvalue weighted by atomic mass is 79.9. The van der Waals surface area contributed by atoms with E-state index in [0.717, 1.165) is 14.9 Å². The van der Waals surface area contributed by atoms with E-state index < -0.39 is 23.8 Å². The van der Waals surface area contributed by atoms with E-state index in [2.05, 4.69) is 47.2 Å². The van der Waals surface area contributed by atoms with Gasteiger partial charge in [0.25, 0.3) is 5.91 Å². The molecule has 0 aliphatic carbocycles. The number of aliphatic imine (C=N–C) groups is 1. The van der Waals surface area contributed by atoms with Crippen LogP contribution in [0.25, 0.3) is 0 Å². The Bertz CT molecular complexity index is 928. The number of pyridine rings is 1. The first-order chi connectivity index (χ1) is 12.4. The van der Waals surface area contributed by atoms with Crippen molar-refractivity contribution in [3.8, 4) is 0 Å². The minimum absolute atomic E-state index is 0.313. The van der Waals surface area contributed by atoms with Crippen LogP contribution >= 0.6 is 31.9 Å². The quantitative estimate of drug-likeness (QED) is 0.538. The zero-order valence-electron chi connectivity index (χ0n) is 13.4. The van der Waals surface area contributed by atoms with E-state index >= 15 is 0 Å². The van der Waals surface area contributed by atoms with Gasteiger partial charge in [0.05, 0.1) is 10.2 Å². The molecule has 1 aromatic carbocycles. The molecule has 0 bridgehead atoms. The molecule has 9 heteroatoms. The van der Waals surface area contributed by atoms with E-state index in [4.69, 9.17) is 0 Å². The van der Waals surface area contributed by atoms with Gasteiger partial charge in [0, 0.05) is 16.9 Å². The van der Waals surface area contributed by atoms with E-state index in [9.17, 15) is 14.4 Å². The van der Waals surface area contributed by atoms with Gasteiger partial charge in [-0.25, -0.2) is 19.7 Å². The van der Waals surface area contributed by atoms with Gasteiger partial charge in [-0.15, -0.1) is 0 Å². The molecule has 1 aromatic heterocycles. The van der Waals surface area contributed by atoms with Crippen molar-refractivity contribution in [3.05, 3.63) is 51.0 Å². The molecular weight excluding hydrogens is 468 g/mol. The summed E-state index contributed by atoms with van der Waals surface area (Å²) in [6.07, 6.45) is 2.73. The Labute approximate surface area is 165 Å². The Hall–Kier alpha value is -2.39. The van der Waals surface area contributed by atoms with Gasteiger partial charge in [-0.2, -0.15) is 0 Å². The molecule has 1 aliphatic rings. The number of aryl methyl sites for hydroxylation is 1. The molecular formula is C17H12Br2N4O3. The van der Waals surface area contributed by atoms with Crippen molar-refractivity contribution < 1.29 is 14.4 Å². The van der Waals surface area contributed by atoms with E-state index in [1.807, 2.05) is 6.92 Å². The normalized spacial score (nSPS) is 17.7. The lowest BCUT2D eigenvalue weighted by Gasteiger charge is -2.28. The second-order valence-corrected chi connectivity index (χ2v) is 7.29. The van der Waals surface area contributed by atoms with Crippen LogP contribution in [-0.2, 0) is 9.59 Å². The third-order valence-corrected chi connectivity index (χ3v) is 4.65. The highest BCUT2D eigenvalue weighted by Crippen LogP contribution is 2.26. The number of amides is 4. The fourth-order valence-electron chi connectivity index (χ4n) is 2.31. The second-order valence-electron chi connectivity index (χ2n) is 5.52. The van der Waals surface area contributed by atoms with Crippen LogP contribution in [0.5, 0.6) is 0 Å². The van der Waals surface area contributed by atoms with Gasteiger partial charge >= 0.3 is 6.03 Å². The molecule has 132 valence electrons. The molecule has 1 saturated heterocycles. The SMILES string of the molecule is Cc1ccc(N2C(=O)NC(=O)C(C=Nc3ncc(Br)cc3Br)C2=O)cc1. The van der Waals surface area contributed by atoms with Crippen LogP contribution < -0.4 is 10.2 Å². The summed E-state index contributed by atoms with van der Waals surface area (Å²) < 4.78 is 1.35. The van der Waals surface area contributed by atoms with Crippen LogP contribution in [0.4, 0.5) is 16.3 Å². The number of barbiturate groups is 1. The maximum atomic E-state index is 12.7. The van der Waals surface area contributed by atoms with Gasteiger partial charge in [-0.05, 0) is 57.0 Å². The molecule has 2 heterocycles. The van der Waals surface area contributed by atoms with Crippen molar-refractivity contribution in [1.29, 1.82) is 0 Å². The zero-order chi connectivity index (χ0) is 18.8. The van der Waals surface area contributed by atoms with Crippen LogP contribution in [-0.4, -0.2) is 29.0 Å². The number of urea groups is 1. The molecule has 3 rings (SSSR count). The molecule has 7 nitrogen and oxygen atoms in total. The third-order valence-electron chi connectivity index (χ3n) is 3.63. The first-order valence-corrected chi connectivity index (χ1v) is 9.06. The monoisotopic (exact) mass is 478 g/mol. The number of carbonyl (C=O) groups is 3. The van der Waals surface area contributed by atoms with Gasteiger partial charge in [0.1, 0.15) is 0 Å². The lowest BCUT2D eigenvalue weighted by atomic mass is 10.1. The van der Waals surface area contributed by atoms with Crippen molar-refractivity contribution in [3.63, 3.8) is 0 Å². The Kier molecular flexibility index (Phi) is 5.28. The molecule has 1 fully saturated rings. The van der Waals surface area contributed by atoms with Crippen molar-refractivity contribution >= 4 is 67.4 Å². The van der Waals surface area contributed by atoms with Crippen molar-refractivity contribution in [2.75, 3.05) is 4.90 Å². The number of benzene rings is 1. The van der Waals surface area contributed by atoms with Crippen LogP contribution in [0.1, 0.15) is 5.56 Å². The number of nitrogens with zero attached hydrogens (tertiary/aromatic N) is 3. The maximum absolute atomic E-state index is 12.7. The standard InChI is InChI=1S/C17H12Br2N4O3/c1-9-2-4-11(5-3-9)23-16(25)12(15(24)22-17(23)26)8-21-14-13(19)6-10(18)7-20-14/h2-8,12H,1H3,(H,22,24,26). The molecule has 4 amide bonds. The van der Waals surface area contributed by atoms with Gasteiger partial charge in [0.2, 0.25) is 5.91 Å². The Balaban J connectivity index is 1.90. The summed E-state index contributed by atoms with van der Waals surface area (Å²) in [5, 5.41) is 2.18. The second kappa shape index (κ2) is 7.46. The first kappa shape index (κ1) is 18.4. The molecule has 0 saturated carbocycles. The maximum Gasteiger partial charge on any atom is 0.335 e. The molecule has 1 N–H and O–H groups in total. The summed E-state index contributed by atoms with van der Waals surface area (Å²) >= 11 is 6.59. The minimum atomic E-state index is -1.23. The Morgan fingerprint density at radius 1 is 1.19 bits per heavy atom. The lowest BCUT2D eigenvalue weighted by molar-refractivity contribution is -0.131. The number of imide groups is 2. The number of rotatable bonds is 3. The number of anilines is 1. The Morgan fingerprint density at radius 3 is 2.54 bits per heavy atom. The van der Waals surface area contributed by atoms with Gasteiger partial charge in [-0.1, -0.05) is 17.7 Å². The topological polar surface area (TPSA) is 91.7 Å². The predicted molar refractivity (Wildman–Crippen MR) is 103 cm³/mol. The third kappa shape index (κ3) is 3.73. The molecule has 0 radical (unpaired) electrons. The highest BCUT2D eigenvalue weighted by Gasteiger charge is 2.40. The predicted octanol–water partition coefficient (Wildman–Crippen LogP) is 3.52. The number of carbonyl (C=O) groups excluding carboxylic acids is 3. The number of hydrogen-bond donors (Lipinski definition) is 1. The minimum Gasteiger partial charge on any atom is -0.276 e.